The molecule has 2 rings (SSSR count). The fourth-order valence-corrected chi connectivity index (χ4v) is 2.51. The lowest BCUT2D eigenvalue weighted by Gasteiger charge is -2.22. The molecule has 0 fully saturated rings. The summed E-state index contributed by atoms with van der Waals surface area (Å²) >= 11 is 6.10. The van der Waals surface area contributed by atoms with E-state index in [0.717, 1.165) is 23.4 Å². The van der Waals surface area contributed by atoms with Crippen LogP contribution in [-0.4, -0.2) is 13.7 Å². The van der Waals surface area contributed by atoms with Crippen LogP contribution in [0.25, 0.3) is 0 Å². The van der Waals surface area contributed by atoms with E-state index in [1.165, 1.54) is 0 Å². The molecule has 1 unspecified atom stereocenters. The van der Waals surface area contributed by atoms with Gasteiger partial charge in [0.15, 0.2) is 0 Å². The molecule has 0 saturated heterocycles. The van der Waals surface area contributed by atoms with E-state index in [1.807, 2.05) is 25.1 Å². The summed E-state index contributed by atoms with van der Waals surface area (Å²) in [6, 6.07) is 10.6. The van der Waals surface area contributed by atoms with Crippen molar-refractivity contribution in [1.29, 1.82) is 0 Å². The van der Waals surface area contributed by atoms with Gasteiger partial charge in [0.2, 0.25) is 0 Å². The number of halogens is 2. The highest BCUT2D eigenvalue weighted by Crippen LogP contribution is 2.32. The van der Waals surface area contributed by atoms with Gasteiger partial charge in [-0.1, -0.05) is 30.7 Å². The van der Waals surface area contributed by atoms with Gasteiger partial charge in [-0.15, -0.1) is 0 Å². The predicted octanol–water partition coefficient (Wildman–Crippen LogP) is 4.50. The van der Waals surface area contributed by atoms with E-state index in [2.05, 4.69) is 5.32 Å². The number of hydrogen-bond donors (Lipinski definition) is 1. The number of ether oxygens (including phenoxy) is 1. The fourth-order valence-electron chi connectivity index (χ4n) is 2.33. The molecule has 0 radical (unpaired) electrons. The minimum atomic E-state index is -0.212. The molecule has 0 aliphatic rings. The molecule has 0 saturated carbocycles. The molecule has 0 bridgehead atoms. The van der Waals surface area contributed by atoms with Crippen LogP contribution in [0.4, 0.5) is 4.39 Å². The Labute approximate surface area is 129 Å². The minimum Gasteiger partial charge on any atom is -0.496 e. The fraction of sp³-hybridized carbons (Fsp3) is 0.294. The van der Waals surface area contributed by atoms with Crippen molar-refractivity contribution in [2.45, 2.75) is 19.9 Å². The third-order valence-corrected chi connectivity index (χ3v) is 3.68. The molecule has 2 aromatic rings. The van der Waals surface area contributed by atoms with Gasteiger partial charge in [0, 0.05) is 10.6 Å². The Hall–Kier alpha value is -1.58. The van der Waals surface area contributed by atoms with Crippen molar-refractivity contribution in [3.63, 3.8) is 0 Å². The van der Waals surface area contributed by atoms with E-state index in [1.54, 1.807) is 32.2 Å². The van der Waals surface area contributed by atoms with Gasteiger partial charge in [0.05, 0.1) is 13.2 Å². The molecule has 0 aromatic heterocycles. The van der Waals surface area contributed by atoms with E-state index in [9.17, 15) is 4.39 Å². The molecular formula is C17H19ClFNO. The number of nitrogens with one attached hydrogen (secondary N) is 1. The summed E-state index contributed by atoms with van der Waals surface area (Å²) in [6.07, 6.45) is 0. The second-order valence-corrected chi connectivity index (χ2v) is 5.32. The van der Waals surface area contributed by atoms with Crippen LogP contribution in [0.3, 0.4) is 0 Å². The first kappa shape index (κ1) is 15.8. The van der Waals surface area contributed by atoms with Gasteiger partial charge in [-0.2, -0.15) is 0 Å². The normalized spacial score (nSPS) is 12.2. The molecule has 0 aliphatic carbocycles. The highest BCUT2D eigenvalue weighted by molar-refractivity contribution is 6.30. The summed E-state index contributed by atoms with van der Waals surface area (Å²) < 4.78 is 19.3. The average molecular weight is 308 g/mol. The Morgan fingerprint density at radius 1 is 1.24 bits per heavy atom. The molecule has 4 heteroatoms. The maximum atomic E-state index is 13.9. The summed E-state index contributed by atoms with van der Waals surface area (Å²) in [5, 5.41) is 3.98. The molecule has 1 atom stereocenters. The first-order valence-corrected chi connectivity index (χ1v) is 7.27. The number of hydrogen-bond acceptors (Lipinski definition) is 2. The van der Waals surface area contributed by atoms with Crippen molar-refractivity contribution in [1.82, 2.24) is 5.32 Å². The van der Waals surface area contributed by atoms with Gasteiger partial charge in [0.25, 0.3) is 0 Å². The molecule has 0 spiro atoms. The third-order valence-electron chi connectivity index (χ3n) is 3.44. The summed E-state index contributed by atoms with van der Waals surface area (Å²) in [7, 11) is 1.62. The number of rotatable bonds is 5. The summed E-state index contributed by atoms with van der Waals surface area (Å²) in [4.78, 5) is 0. The van der Waals surface area contributed by atoms with Crippen LogP contribution in [-0.2, 0) is 0 Å². The molecule has 1 N–H and O–H groups in total. The van der Waals surface area contributed by atoms with Crippen molar-refractivity contribution in [2.24, 2.45) is 0 Å². The van der Waals surface area contributed by atoms with E-state index in [-0.39, 0.29) is 11.9 Å². The topological polar surface area (TPSA) is 21.3 Å². The van der Waals surface area contributed by atoms with Gasteiger partial charge < -0.3 is 10.1 Å². The van der Waals surface area contributed by atoms with Crippen LogP contribution < -0.4 is 10.1 Å². The van der Waals surface area contributed by atoms with E-state index < -0.39 is 0 Å². The van der Waals surface area contributed by atoms with Crippen LogP contribution >= 0.6 is 11.6 Å². The Morgan fingerprint density at radius 2 is 2.00 bits per heavy atom. The Morgan fingerprint density at radius 3 is 2.62 bits per heavy atom. The largest absolute Gasteiger partial charge is 0.496 e. The van der Waals surface area contributed by atoms with Crippen molar-refractivity contribution < 1.29 is 9.13 Å². The molecule has 2 nitrogen and oxygen atoms in total. The van der Waals surface area contributed by atoms with Crippen LogP contribution in [0.1, 0.15) is 29.7 Å². The Bertz CT molecular complexity index is 630. The average Bonchev–Trinajstić information content (AvgIpc) is 2.48. The molecule has 112 valence electrons. The summed E-state index contributed by atoms with van der Waals surface area (Å²) in [5.74, 6) is 0.516. The standard InChI is InChI=1S/C17H19ClFNO/c1-4-20-17(12-6-5-11(2)15(19)9-12)14-10-13(18)7-8-16(14)21-3/h5-10,17,20H,4H2,1-3H3. The quantitative estimate of drug-likeness (QED) is 0.878. The monoisotopic (exact) mass is 307 g/mol. The highest BCUT2D eigenvalue weighted by Gasteiger charge is 2.18. The number of benzene rings is 2. The Kier molecular flexibility index (Phi) is 5.21. The molecule has 0 heterocycles. The summed E-state index contributed by atoms with van der Waals surface area (Å²) in [5.41, 5.74) is 2.38. The van der Waals surface area contributed by atoms with Gasteiger partial charge in [-0.3, -0.25) is 0 Å². The highest BCUT2D eigenvalue weighted by atomic mass is 35.5. The zero-order chi connectivity index (χ0) is 15.4. The smallest absolute Gasteiger partial charge is 0.126 e. The Balaban J connectivity index is 2.52. The zero-order valence-electron chi connectivity index (χ0n) is 12.4. The predicted molar refractivity (Wildman–Crippen MR) is 84.7 cm³/mol. The molecule has 0 aliphatic heterocycles. The van der Waals surface area contributed by atoms with Crippen molar-refractivity contribution in [3.05, 3.63) is 63.9 Å². The number of methoxy groups -OCH3 is 1. The number of aryl methyl sites for hydroxylation is 1. The molecule has 0 amide bonds. The molecule has 2 aromatic carbocycles. The van der Waals surface area contributed by atoms with E-state index >= 15 is 0 Å². The van der Waals surface area contributed by atoms with E-state index in [4.69, 9.17) is 16.3 Å². The second-order valence-electron chi connectivity index (χ2n) is 4.89. The lowest BCUT2D eigenvalue weighted by Crippen LogP contribution is -2.22. The maximum Gasteiger partial charge on any atom is 0.126 e. The minimum absolute atomic E-state index is 0.168. The van der Waals surface area contributed by atoms with Crippen molar-refractivity contribution in [2.75, 3.05) is 13.7 Å². The van der Waals surface area contributed by atoms with Gasteiger partial charge in [-0.05, 0) is 48.9 Å². The second kappa shape index (κ2) is 6.92. The van der Waals surface area contributed by atoms with Gasteiger partial charge in [-0.25, -0.2) is 4.39 Å². The summed E-state index contributed by atoms with van der Waals surface area (Å²) in [6.45, 7) is 4.51. The first-order chi connectivity index (χ1) is 10.1. The van der Waals surface area contributed by atoms with Crippen molar-refractivity contribution in [3.8, 4) is 5.75 Å². The van der Waals surface area contributed by atoms with Gasteiger partial charge in [0.1, 0.15) is 11.6 Å². The van der Waals surface area contributed by atoms with Crippen molar-refractivity contribution >= 4 is 11.6 Å². The third kappa shape index (κ3) is 3.55. The molecular weight excluding hydrogens is 289 g/mol. The SMILES string of the molecule is CCNC(c1ccc(C)c(F)c1)c1cc(Cl)ccc1OC. The van der Waals surface area contributed by atoms with Crippen LogP contribution in [0.15, 0.2) is 36.4 Å². The lowest BCUT2D eigenvalue weighted by molar-refractivity contribution is 0.404. The van der Waals surface area contributed by atoms with Crippen LogP contribution in [0.5, 0.6) is 5.75 Å². The molecule has 21 heavy (non-hydrogen) atoms. The first-order valence-electron chi connectivity index (χ1n) is 6.89. The van der Waals surface area contributed by atoms with Crippen LogP contribution in [0.2, 0.25) is 5.02 Å². The van der Waals surface area contributed by atoms with E-state index in [0.29, 0.717) is 10.6 Å². The van der Waals surface area contributed by atoms with Gasteiger partial charge >= 0.3 is 0 Å². The zero-order valence-corrected chi connectivity index (χ0v) is 13.2. The maximum absolute atomic E-state index is 13.9. The van der Waals surface area contributed by atoms with Crippen LogP contribution in [0, 0.1) is 12.7 Å². The lowest BCUT2D eigenvalue weighted by atomic mass is 9.96.